The number of carbonyl (C=O) groups excluding carboxylic acids is 2. The van der Waals surface area contributed by atoms with Crippen LogP contribution in [0.3, 0.4) is 0 Å². The van der Waals surface area contributed by atoms with Crippen molar-refractivity contribution < 1.29 is 9.59 Å². The summed E-state index contributed by atoms with van der Waals surface area (Å²) in [6.45, 7) is 4.84. The first-order valence-electron chi connectivity index (χ1n) is 7.35. The molecule has 2 amide bonds. The van der Waals surface area contributed by atoms with Crippen LogP contribution >= 0.6 is 0 Å². The van der Waals surface area contributed by atoms with Crippen LogP contribution in [0.1, 0.15) is 31.7 Å². The van der Waals surface area contributed by atoms with Crippen LogP contribution in [0.2, 0.25) is 0 Å². The molecule has 1 heterocycles. The van der Waals surface area contributed by atoms with Gasteiger partial charge in [0.25, 0.3) is 0 Å². The average molecular weight is 299 g/mol. The molecule has 0 saturated carbocycles. The van der Waals surface area contributed by atoms with Crippen LogP contribution in [0.5, 0.6) is 0 Å². The lowest BCUT2D eigenvalue weighted by Gasteiger charge is -2.21. The first-order valence-corrected chi connectivity index (χ1v) is 7.35. The quantitative estimate of drug-likeness (QED) is 0.832. The third-order valence-electron chi connectivity index (χ3n) is 3.74. The second-order valence-corrected chi connectivity index (χ2v) is 5.61. The van der Waals surface area contributed by atoms with Crippen molar-refractivity contribution in [1.82, 2.24) is 10.3 Å². The molecule has 0 aliphatic rings. The van der Waals surface area contributed by atoms with Gasteiger partial charge in [0.05, 0.1) is 11.9 Å². The van der Waals surface area contributed by atoms with E-state index in [9.17, 15) is 9.59 Å². The highest BCUT2D eigenvalue weighted by atomic mass is 16.2. The maximum absolute atomic E-state index is 11.4. The van der Waals surface area contributed by atoms with Crippen molar-refractivity contribution in [3.63, 3.8) is 0 Å². The van der Waals surface area contributed by atoms with Gasteiger partial charge in [0.15, 0.2) is 0 Å². The molecular formula is C17H21N3O2. The molecule has 0 radical (unpaired) electrons. The van der Waals surface area contributed by atoms with Gasteiger partial charge in [0.1, 0.15) is 0 Å². The van der Waals surface area contributed by atoms with Crippen LogP contribution in [0, 0.1) is 0 Å². The predicted octanol–water partition coefficient (Wildman–Crippen LogP) is 2.46. The minimum Gasteiger partial charge on any atom is -0.372 e. The molecule has 22 heavy (non-hydrogen) atoms. The average Bonchev–Trinajstić information content (AvgIpc) is 2.51. The Hall–Kier alpha value is -2.43. The van der Waals surface area contributed by atoms with E-state index in [-0.39, 0.29) is 12.3 Å². The fourth-order valence-electron chi connectivity index (χ4n) is 2.54. The van der Waals surface area contributed by atoms with Gasteiger partial charge < -0.3 is 4.90 Å². The molecule has 0 aliphatic heterocycles. The Kier molecular flexibility index (Phi) is 5.09. The van der Waals surface area contributed by atoms with E-state index in [1.54, 1.807) is 0 Å². The monoisotopic (exact) mass is 299 g/mol. The molecule has 1 aromatic carbocycles. The van der Waals surface area contributed by atoms with Crippen molar-refractivity contribution >= 4 is 28.8 Å². The van der Waals surface area contributed by atoms with Crippen LogP contribution in [-0.2, 0) is 9.59 Å². The Morgan fingerprint density at radius 3 is 2.77 bits per heavy atom. The van der Waals surface area contributed by atoms with E-state index in [0.29, 0.717) is 18.9 Å². The molecule has 0 bridgehead atoms. The minimum absolute atomic E-state index is 0.259. The zero-order valence-electron chi connectivity index (χ0n) is 13.2. The number of hydrogen-bond acceptors (Lipinski definition) is 4. The fraction of sp³-hybridized carbons (Fsp3) is 0.353. The normalized spacial score (nSPS) is 10.7. The summed E-state index contributed by atoms with van der Waals surface area (Å²) >= 11 is 0. The first-order chi connectivity index (χ1) is 10.5. The summed E-state index contributed by atoms with van der Waals surface area (Å²) in [4.78, 5) is 28.0. The molecule has 0 atom stereocenters. The van der Waals surface area contributed by atoms with E-state index < -0.39 is 0 Å². The first kappa shape index (κ1) is 15.9. The summed E-state index contributed by atoms with van der Waals surface area (Å²) in [6.07, 6.45) is 4.37. The number of anilines is 1. The summed E-state index contributed by atoms with van der Waals surface area (Å²) in [7, 11) is 1.92. The molecule has 1 N–H and O–H groups in total. The molecular weight excluding hydrogens is 278 g/mol. The van der Waals surface area contributed by atoms with Gasteiger partial charge in [0.2, 0.25) is 12.3 Å². The SMILES string of the molecule is CC(C)c1cccc2c(N(C)CCC(=O)NC=O)cncc12. The van der Waals surface area contributed by atoms with Gasteiger partial charge in [-0.1, -0.05) is 32.0 Å². The molecule has 5 heteroatoms. The number of amides is 2. The van der Waals surface area contributed by atoms with E-state index in [1.165, 1.54) is 5.56 Å². The lowest BCUT2D eigenvalue weighted by atomic mass is 9.97. The molecule has 1 aromatic heterocycles. The fourth-order valence-corrected chi connectivity index (χ4v) is 2.54. The second kappa shape index (κ2) is 7.02. The molecule has 0 saturated heterocycles. The number of benzene rings is 1. The standard InChI is InChI=1S/C17H21N3O2/c1-12(2)13-5-4-6-14-15(13)9-18-10-16(14)20(3)8-7-17(22)19-11-21/h4-6,9-12H,7-8H2,1-3H3,(H,19,21,22). The Labute approximate surface area is 130 Å². The van der Waals surface area contributed by atoms with Crippen LogP contribution in [-0.4, -0.2) is 30.9 Å². The summed E-state index contributed by atoms with van der Waals surface area (Å²) in [5.41, 5.74) is 2.25. The number of aromatic nitrogens is 1. The zero-order valence-corrected chi connectivity index (χ0v) is 13.2. The van der Waals surface area contributed by atoms with Gasteiger partial charge >= 0.3 is 0 Å². The highest BCUT2D eigenvalue weighted by Gasteiger charge is 2.12. The van der Waals surface area contributed by atoms with Crippen molar-refractivity contribution in [2.24, 2.45) is 0 Å². The van der Waals surface area contributed by atoms with E-state index in [2.05, 4.69) is 36.3 Å². The van der Waals surface area contributed by atoms with Crippen molar-refractivity contribution in [2.75, 3.05) is 18.5 Å². The number of pyridine rings is 1. The van der Waals surface area contributed by atoms with Crippen LogP contribution < -0.4 is 10.2 Å². The maximum Gasteiger partial charge on any atom is 0.228 e. The minimum atomic E-state index is -0.280. The Bertz CT molecular complexity index is 683. The number of fused-ring (bicyclic) bond motifs is 1. The largest absolute Gasteiger partial charge is 0.372 e. The van der Waals surface area contributed by atoms with Gasteiger partial charge in [-0.15, -0.1) is 0 Å². The molecule has 116 valence electrons. The Morgan fingerprint density at radius 2 is 2.09 bits per heavy atom. The topological polar surface area (TPSA) is 62.3 Å². The zero-order chi connectivity index (χ0) is 16.1. The number of imide groups is 1. The molecule has 0 aliphatic carbocycles. The van der Waals surface area contributed by atoms with Crippen molar-refractivity contribution in [3.05, 3.63) is 36.2 Å². The van der Waals surface area contributed by atoms with Crippen molar-refractivity contribution in [3.8, 4) is 0 Å². The number of hydrogen-bond donors (Lipinski definition) is 1. The molecule has 0 spiro atoms. The van der Waals surface area contributed by atoms with Crippen molar-refractivity contribution in [1.29, 1.82) is 0 Å². The van der Waals surface area contributed by atoms with Gasteiger partial charge in [-0.2, -0.15) is 0 Å². The summed E-state index contributed by atoms with van der Waals surface area (Å²) in [5.74, 6) is 0.141. The van der Waals surface area contributed by atoms with E-state index >= 15 is 0 Å². The van der Waals surface area contributed by atoms with E-state index in [0.717, 1.165) is 16.5 Å². The Balaban J connectivity index is 2.29. The predicted molar refractivity (Wildman–Crippen MR) is 87.9 cm³/mol. The van der Waals surface area contributed by atoms with E-state index in [4.69, 9.17) is 0 Å². The highest BCUT2D eigenvalue weighted by Crippen LogP contribution is 2.30. The lowest BCUT2D eigenvalue weighted by molar-refractivity contribution is -0.125. The smallest absolute Gasteiger partial charge is 0.228 e. The van der Waals surface area contributed by atoms with Crippen LogP contribution in [0.4, 0.5) is 5.69 Å². The number of nitrogens with zero attached hydrogens (tertiary/aromatic N) is 2. The lowest BCUT2D eigenvalue weighted by Crippen LogP contribution is -2.28. The van der Waals surface area contributed by atoms with Gasteiger partial charge in [-0.3, -0.25) is 19.9 Å². The van der Waals surface area contributed by atoms with E-state index in [1.807, 2.05) is 30.4 Å². The number of nitrogens with one attached hydrogen (secondary N) is 1. The third kappa shape index (κ3) is 3.42. The van der Waals surface area contributed by atoms with Gasteiger partial charge in [-0.05, 0) is 11.5 Å². The molecule has 2 aromatic rings. The Morgan fingerprint density at radius 1 is 1.32 bits per heavy atom. The maximum atomic E-state index is 11.4. The van der Waals surface area contributed by atoms with Crippen LogP contribution in [0.25, 0.3) is 10.8 Å². The second-order valence-electron chi connectivity index (χ2n) is 5.61. The summed E-state index contributed by atoms with van der Waals surface area (Å²) < 4.78 is 0. The highest BCUT2D eigenvalue weighted by molar-refractivity contribution is 5.95. The molecule has 2 rings (SSSR count). The molecule has 5 nitrogen and oxygen atoms in total. The molecule has 0 unspecified atom stereocenters. The van der Waals surface area contributed by atoms with Crippen LogP contribution in [0.15, 0.2) is 30.6 Å². The van der Waals surface area contributed by atoms with Gasteiger partial charge in [-0.25, -0.2) is 0 Å². The van der Waals surface area contributed by atoms with Gasteiger partial charge in [0, 0.05) is 37.0 Å². The summed E-state index contributed by atoms with van der Waals surface area (Å²) in [6, 6.07) is 6.24. The number of carbonyl (C=O) groups is 2. The molecule has 0 fully saturated rings. The number of rotatable bonds is 6. The summed E-state index contributed by atoms with van der Waals surface area (Å²) in [5, 5.41) is 4.41. The van der Waals surface area contributed by atoms with Crippen molar-refractivity contribution in [2.45, 2.75) is 26.2 Å². The third-order valence-corrected chi connectivity index (χ3v) is 3.74.